The zero-order valence-corrected chi connectivity index (χ0v) is 13.2. The number of benzene rings is 1. The number of hydrogen-bond acceptors (Lipinski definition) is 7. The number of fused-ring (bicyclic) bond motifs is 3. The van der Waals surface area contributed by atoms with Gasteiger partial charge >= 0.3 is 0 Å². The molecular formula is C15H9ClN8. The SMILES string of the molecule is Cc1nn2c(nnc3c(Nc4ccc(Cl)cc4)ncnc32)c1C#N. The van der Waals surface area contributed by atoms with Gasteiger partial charge in [-0.15, -0.1) is 10.2 Å². The zero-order chi connectivity index (χ0) is 16.7. The second-order valence-electron chi connectivity index (χ2n) is 5.03. The summed E-state index contributed by atoms with van der Waals surface area (Å²) < 4.78 is 1.50. The molecule has 4 aromatic rings. The molecule has 0 saturated carbocycles. The minimum atomic E-state index is 0.374. The minimum absolute atomic E-state index is 0.374. The van der Waals surface area contributed by atoms with E-state index in [9.17, 15) is 5.26 Å². The van der Waals surface area contributed by atoms with E-state index in [-0.39, 0.29) is 0 Å². The number of hydrogen-bond donors (Lipinski definition) is 1. The lowest BCUT2D eigenvalue weighted by Gasteiger charge is -2.07. The van der Waals surface area contributed by atoms with E-state index >= 15 is 0 Å². The van der Waals surface area contributed by atoms with Gasteiger partial charge in [0.15, 0.2) is 22.6 Å². The molecule has 0 atom stereocenters. The highest BCUT2D eigenvalue weighted by atomic mass is 35.5. The van der Waals surface area contributed by atoms with E-state index in [1.165, 1.54) is 10.8 Å². The van der Waals surface area contributed by atoms with Crippen LogP contribution in [0.4, 0.5) is 11.5 Å². The smallest absolute Gasteiger partial charge is 0.197 e. The number of anilines is 2. The van der Waals surface area contributed by atoms with E-state index in [2.05, 4.69) is 36.7 Å². The predicted octanol–water partition coefficient (Wildman–Crippen LogP) is 2.64. The Labute approximate surface area is 140 Å². The first-order valence-corrected chi connectivity index (χ1v) is 7.34. The highest BCUT2D eigenvalue weighted by Crippen LogP contribution is 2.23. The third-order valence-electron chi connectivity index (χ3n) is 3.50. The van der Waals surface area contributed by atoms with Crippen molar-refractivity contribution >= 4 is 39.9 Å². The maximum Gasteiger partial charge on any atom is 0.197 e. The van der Waals surface area contributed by atoms with Crippen molar-refractivity contribution in [3.8, 4) is 6.07 Å². The number of nitrogens with one attached hydrogen (secondary N) is 1. The molecule has 0 bridgehead atoms. The van der Waals surface area contributed by atoms with Crippen molar-refractivity contribution in [2.24, 2.45) is 0 Å². The summed E-state index contributed by atoms with van der Waals surface area (Å²) in [5, 5.41) is 25.6. The van der Waals surface area contributed by atoms with Crippen LogP contribution in [0.5, 0.6) is 0 Å². The molecule has 0 amide bonds. The molecule has 0 fully saturated rings. The Balaban J connectivity index is 1.90. The average Bonchev–Trinajstić information content (AvgIpc) is 2.92. The van der Waals surface area contributed by atoms with E-state index in [4.69, 9.17) is 11.6 Å². The lowest BCUT2D eigenvalue weighted by molar-refractivity contribution is 0.904. The van der Waals surface area contributed by atoms with E-state index in [0.29, 0.717) is 38.9 Å². The van der Waals surface area contributed by atoms with Crippen molar-refractivity contribution < 1.29 is 0 Å². The number of aromatic nitrogens is 6. The number of rotatable bonds is 2. The van der Waals surface area contributed by atoms with Crippen LogP contribution in [0.3, 0.4) is 0 Å². The standard InChI is InChI=1S/C15H9ClN8/c1-8-11(6-17)14-22-21-12-13(18-7-19-15(12)24(14)23-8)20-10-4-2-9(16)3-5-10/h2-5,7H,1H3,(H,18,19,20). The van der Waals surface area contributed by atoms with Crippen LogP contribution in [-0.4, -0.2) is 29.8 Å². The Kier molecular flexibility index (Phi) is 3.22. The highest BCUT2D eigenvalue weighted by molar-refractivity contribution is 6.30. The summed E-state index contributed by atoms with van der Waals surface area (Å²) in [6.45, 7) is 1.74. The first-order chi connectivity index (χ1) is 11.7. The van der Waals surface area contributed by atoms with E-state index < -0.39 is 0 Å². The van der Waals surface area contributed by atoms with Gasteiger partial charge in [-0.25, -0.2) is 9.97 Å². The Morgan fingerprint density at radius 2 is 1.92 bits per heavy atom. The molecule has 8 nitrogen and oxygen atoms in total. The van der Waals surface area contributed by atoms with Gasteiger partial charge in [-0.3, -0.25) is 0 Å². The fraction of sp³-hybridized carbons (Fsp3) is 0.0667. The average molecular weight is 337 g/mol. The lowest BCUT2D eigenvalue weighted by atomic mass is 10.3. The third-order valence-corrected chi connectivity index (χ3v) is 3.76. The molecule has 116 valence electrons. The van der Waals surface area contributed by atoms with Gasteiger partial charge in [-0.1, -0.05) is 11.6 Å². The number of halogens is 1. The summed E-state index contributed by atoms with van der Waals surface area (Å²) in [6.07, 6.45) is 1.41. The van der Waals surface area contributed by atoms with Gasteiger partial charge in [0, 0.05) is 10.7 Å². The van der Waals surface area contributed by atoms with Crippen LogP contribution in [0.2, 0.25) is 5.02 Å². The van der Waals surface area contributed by atoms with Crippen molar-refractivity contribution in [2.45, 2.75) is 6.92 Å². The quantitative estimate of drug-likeness (QED) is 0.599. The molecule has 1 aromatic carbocycles. The summed E-state index contributed by atoms with van der Waals surface area (Å²) in [4.78, 5) is 8.45. The number of aryl methyl sites for hydroxylation is 1. The number of nitrogens with zero attached hydrogens (tertiary/aromatic N) is 7. The topological polar surface area (TPSA) is 105 Å². The molecule has 24 heavy (non-hydrogen) atoms. The van der Waals surface area contributed by atoms with Crippen LogP contribution in [0.15, 0.2) is 30.6 Å². The Hall–Kier alpha value is -3.31. The van der Waals surface area contributed by atoms with Gasteiger partial charge in [0.25, 0.3) is 0 Å². The van der Waals surface area contributed by atoms with Crippen molar-refractivity contribution in [3.63, 3.8) is 0 Å². The second-order valence-corrected chi connectivity index (χ2v) is 5.47. The minimum Gasteiger partial charge on any atom is -0.338 e. The predicted molar refractivity (Wildman–Crippen MR) is 88.1 cm³/mol. The summed E-state index contributed by atoms with van der Waals surface area (Å²) in [7, 11) is 0. The van der Waals surface area contributed by atoms with Crippen molar-refractivity contribution in [3.05, 3.63) is 46.9 Å². The molecule has 9 heteroatoms. The van der Waals surface area contributed by atoms with Crippen LogP contribution >= 0.6 is 11.6 Å². The summed E-state index contributed by atoms with van der Waals surface area (Å²) >= 11 is 5.89. The van der Waals surface area contributed by atoms with Crippen molar-refractivity contribution in [2.75, 3.05) is 5.32 Å². The lowest BCUT2D eigenvalue weighted by Crippen LogP contribution is -2.03. The summed E-state index contributed by atoms with van der Waals surface area (Å²) in [5.74, 6) is 0.489. The molecule has 0 spiro atoms. The van der Waals surface area contributed by atoms with Crippen LogP contribution < -0.4 is 5.32 Å². The van der Waals surface area contributed by atoms with Gasteiger partial charge in [-0.05, 0) is 31.2 Å². The highest BCUT2D eigenvalue weighted by Gasteiger charge is 2.16. The van der Waals surface area contributed by atoms with Crippen molar-refractivity contribution in [1.29, 1.82) is 5.26 Å². The van der Waals surface area contributed by atoms with E-state index in [1.54, 1.807) is 19.1 Å². The van der Waals surface area contributed by atoms with Gasteiger partial charge < -0.3 is 5.32 Å². The molecule has 0 unspecified atom stereocenters. The van der Waals surface area contributed by atoms with Crippen LogP contribution in [0, 0.1) is 18.3 Å². The monoisotopic (exact) mass is 336 g/mol. The summed E-state index contributed by atoms with van der Waals surface area (Å²) in [5.41, 5.74) is 3.05. The van der Waals surface area contributed by atoms with Crippen molar-refractivity contribution in [1.82, 2.24) is 29.8 Å². The van der Waals surface area contributed by atoms with E-state index in [0.717, 1.165) is 5.69 Å². The van der Waals surface area contributed by atoms with E-state index in [1.807, 2.05) is 12.1 Å². The van der Waals surface area contributed by atoms with Gasteiger partial charge in [0.2, 0.25) is 0 Å². The van der Waals surface area contributed by atoms with Crippen LogP contribution in [0.25, 0.3) is 16.8 Å². The normalized spacial score (nSPS) is 10.9. The molecule has 4 rings (SSSR count). The Bertz CT molecular complexity index is 1110. The molecule has 0 aliphatic carbocycles. The van der Waals surface area contributed by atoms with Gasteiger partial charge in [0.05, 0.1) is 5.69 Å². The van der Waals surface area contributed by atoms with Gasteiger partial charge in [0.1, 0.15) is 18.0 Å². The molecule has 0 saturated heterocycles. The Morgan fingerprint density at radius 3 is 2.67 bits per heavy atom. The van der Waals surface area contributed by atoms with Crippen LogP contribution in [0.1, 0.15) is 11.3 Å². The largest absolute Gasteiger partial charge is 0.338 e. The molecular weight excluding hydrogens is 328 g/mol. The second kappa shape index (κ2) is 5.40. The van der Waals surface area contributed by atoms with Gasteiger partial charge in [-0.2, -0.15) is 14.9 Å². The molecule has 3 heterocycles. The molecule has 1 N–H and O–H groups in total. The molecule has 3 aromatic heterocycles. The fourth-order valence-electron chi connectivity index (χ4n) is 2.36. The zero-order valence-electron chi connectivity index (χ0n) is 12.4. The first kappa shape index (κ1) is 14.3. The van der Waals surface area contributed by atoms with Crippen LogP contribution in [-0.2, 0) is 0 Å². The molecule has 0 aliphatic rings. The molecule has 0 aliphatic heterocycles. The summed E-state index contributed by atoms with van der Waals surface area (Å²) in [6, 6.07) is 9.28. The Morgan fingerprint density at radius 1 is 1.12 bits per heavy atom. The molecule has 0 radical (unpaired) electrons. The maximum absolute atomic E-state index is 9.22. The number of nitriles is 1. The fourth-order valence-corrected chi connectivity index (χ4v) is 2.49. The first-order valence-electron chi connectivity index (χ1n) is 6.97. The maximum atomic E-state index is 9.22. The third kappa shape index (κ3) is 2.19.